The molecule has 1 aromatic heterocycles. The molecule has 0 fully saturated rings. The highest BCUT2D eigenvalue weighted by molar-refractivity contribution is 6.06. The molecule has 0 saturated heterocycles. The quantitative estimate of drug-likeness (QED) is 0.723. The summed E-state index contributed by atoms with van der Waals surface area (Å²) < 4.78 is 11.0. The molecule has 2 amide bonds. The fraction of sp³-hybridized carbons (Fsp3) is 0.227. The topological polar surface area (TPSA) is 84.7 Å². The average molecular weight is 391 g/mol. The molecule has 1 aliphatic heterocycles. The van der Waals surface area contributed by atoms with Crippen molar-refractivity contribution in [3.8, 4) is 5.75 Å². The van der Waals surface area contributed by atoms with E-state index in [1.807, 2.05) is 36.4 Å². The zero-order chi connectivity index (χ0) is 20.2. The maximum Gasteiger partial charge on any atom is 0.280 e. The Morgan fingerprint density at radius 3 is 2.66 bits per heavy atom. The van der Waals surface area contributed by atoms with Gasteiger partial charge in [-0.3, -0.25) is 14.5 Å². The number of para-hydroxylation sites is 2. The SMILES string of the molecule is Cc1nc(C(=O)N2CC(C(=O)NCCc3ccccc3)Oc3ccccc32)co1. The van der Waals surface area contributed by atoms with Gasteiger partial charge in [0.15, 0.2) is 17.7 Å². The first-order chi connectivity index (χ1) is 14.1. The van der Waals surface area contributed by atoms with E-state index in [-0.39, 0.29) is 24.1 Å². The van der Waals surface area contributed by atoms with Crippen molar-refractivity contribution in [2.24, 2.45) is 0 Å². The Morgan fingerprint density at radius 1 is 1.14 bits per heavy atom. The van der Waals surface area contributed by atoms with E-state index in [4.69, 9.17) is 9.15 Å². The van der Waals surface area contributed by atoms with Gasteiger partial charge in [-0.05, 0) is 24.1 Å². The Morgan fingerprint density at radius 2 is 1.90 bits per heavy atom. The third kappa shape index (κ3) is 4.13. The lowest BCUT2D eigenvalue weighted by Crippen LogP contribution is -2.51. The number of benzene rings is 2. The number of nitrogens with one attached hydrogen (secondary N) is 1. The molecule has 29 heavy (non-hydrogen) atoms. The Kier molecular flexibility index (Phi) is 5.29. The molecule has 148 valence electrons. The zero-order valence-electron chi connectivity index (χ0n) is 16.0. The minimum absolute atomic E-state index is 0.0962. The molecule has 4 rings (SSSR count). The lowest BCUT2D eigenvalue weighted by molar-refractivity contribution is -0.127. The van der Waals surface area contributed by atoms with Crippen LogP contribution >= 0.6 is 0 Å². The van der Waals surface area contributed by atoms with E-state index in [1.54, 1.807) is 25.1 Å². The van der Waals surface area contributed by atoms with Gasteiger partial charge in [0.25, 0.3) is 11.8 Å². The number of nitrogens with zero attached hydrogens (tertiary/aromatic N) is 2. The molecule has 0 radical (unpaired) electrons. The van der Waals surface area contributed by atoms with Crippen LogP contribution in [0.4, 0.5) is 5.69 Å². The van der Waals surface area contributed by atoms with Crippen molar-refractivity contribution in [1.29, 1.82) is 0 Å². The summed E-state index contributed by atoms with van der Waals surface area (Å²) in [5.41, 5.74) is 1.94. The summed E-state index contributed by atoms with van der Waals surface area (Å²) in [5, 5.41) is 2.90. The first-order valence-corrected chi connectivity index (χ1v) is 9.43. The van der Waals surface area contributed by atoms with Crippen LogP contribution in [0.5, 0.6) is 5.75 Å². The Hall–Kier alpha value is -3.61. The molecule has 1 aliphatic rings. The number of ether oxygens (including phenoxy) is 1. The number of carbonyl (C=O) groups is 2. The molecule has 7 heteroatoms. The minimum Gasteiger partial charge on any atom is -0.477 e. The van der Waals surface area contributed by atoms with Crippen molar-refractivity contribution in [2.75, 3.05) is 18.0 Å². The molecule has 0 aliphatic carbocycles. The lowest BCUT2D eigenvalue weighted by atomic mass is 10.1. The molecule has 2 heterocycles. The van der Waals surface area contributed by atoms with Crippen LogP contribution in [-0.4, -0.2) is 36.0 Å². The molecule has 3 aromatic rings. The second kappa shape index (κ2) is 8.18. The van der Waals surface area contributed by atoms with Gasteiger partial charge in [0.05, 0.1) is 12.2 Å². The first-order valence-electron chi connectivity index (χ1n) is 9.43. The van der Waals surface area contributed by atoms with Gasteiger partial charge in [-0.15, -0.1) is 0 Å². The molecule has 1 unspecified atom stereocenters. The Labute approximate surface area is 168 Å². The molecule has 1 N–H and O–H groups in total. The van der Waals surface area contributed by atoms with Crippen LogP contribution in [0.3, 0.4) is 0 Å². The highest BCUT2D eigenvalue weighted by Gasteiger charge is 2.34. The van der Waals surface area contributed by atoms with Crippen molar-refractivity contribution in [3.63, 3.8) is 0 Å². The molecular weight excluding hydrogens is 370 g/mol. The van der Waals surface area contributed by atoms with Gasteiger partial charge in [0.2, 0.25) is 0 Å². The van der Waals surface area contributed by atoms with E-state index in [2.05, 4.69) is 10.3 Å². The molecule has 0 bridgehead atoms. The summed E-state index contributed by atoms with van der Waals surface area (Å²) in [6, 6.07) is 17.1. The van der Waals surface area contributed by atoms with E-state index in [9.17, 15) is 9.59 Å². The first kappa shape index (κ1) is 18.7. The number of rotatable bonds is 5. The molecular formula is C22H21N3O4. The van der Waals surface area contributed by atoms with Crippen LogP contribution in [0.15, 0.2) is 65.3 Å². The van der Waals surface area contributed by atoms with Crippen molar-refractivity contribution < 1.29 is 18.7 Å². The number of fused-ring (bicyclic) bond motifs is 1. The van der Waals surface area contributed by atoms with Gasteiger partial charge in [0, 0.05) is 13.5 Å². The smallest absolute Gasteiger partial charge is 0.280 e. The van der Waals surface area contributed by atoms with Gasteiger partial charge in [-0.2, -0.15) is 0 Å². The summed E-state index contributed by atoms with van der Waals surface area (Å²) in [6.07, 6.45) is 1.24. The number of hydrogen-bond donors (Lipinski definition) is 1. The summed E-state index contributed by atoms with van der Waals surface area (Å²) in [7, 11) is 0. The third-order valence-corrected chi connectivity index (χ3v) is 4.71. The van der Waals surface area contributed by atoms with E-state index in [0.717, 1.165) is 12.0 Å². The number of anilines is 1. The lowest BCUT2D eigenvalue weighted by Gasteiger charge is -2.33. The number of carbonyl (C=O) groups excluding carboxylic acids is 2. The summed E-state index contributed by atoms with van der Waals surface area (Å²) >= 11 is 0. The van der Waals surface area contributed by atoms with Crippen LogP contribution in [0.25, 0.3) is 0 Å². The van der Waals surface area contributed by atoms with Gasteiger partial charge >= 0.3 is 0 Å². The Balaban J connectivity index is 1.47. The maximum atomic E-state index is 13.0. The van der Waals surface area contributed by atoms with E-state index in [1.165, 1.54) is 11.2 Å². The fourth-order valence-electron chi connectivity index (χ4n) is 3.25. The molecule has 1 atom stereocenters. The number of hydrogen-bond acceptors (Lipinski definition) is 5. The molecule has 2 aromatic carbocycles. The third-order valence-electron chi connectivity index (χ3n) is 4.71. The van der Waals surface area contributed by atoms with Gasteiger partial charge in [-0.1, -0.05) is 42.5 Å². The second-order valence-corrected chi connectivity index (χ2v) is 6.77. The van der Waals surface area contributed by atoms with Gasteiger partial charge < -0.3 is 14.5 Å². The highest BCUT2D eigenvalue weighted by atomic mass is 16.5. The maximum absolute atomic E-state index is 13.0. The zero-order valence-corrected chi connectivity index (χ0v) is 16.0. The second-order valence-electron chi connectivity index (χ2n) is 6.77. The van der Waals surface area contributed by atoms with Crippen LogP contribution in [0, 0.1) is 6.92 Å². The standard InChI is InChI=1S/C22H21N3O4/c1-15-24-17(14-28-15)22(27)25-13-20(29-19-10-6-5-9-18(19)25)21(26)23-12-11-16-7-3-2-4-8-16/h2-10,14,20H,11-13H2,1H3,(H,23,26). The highest BCUT2D eigenvalue weighted by Crippen LogP contribution is 2.34. The minimum atomic E-state index is -0.808. The summed E-state index contributed by atoms with van der Waals surface area (Å²) in [4.78, 5) is 31.3. The predicted octanol–water partition coefficient (Wildman–Crippen LogP) is 2.75. The van der Waals surface area contributed by atoms with Crippen LogP contribution in [0.2, 0.25) is 0 Å². The van der Waals surface area contributed by atoms with Crippen molar-refractivity contribution in [1.82, 2.24) is 10.3 Å². The number of amides is 2. The number of aromatic nitrogens is 1. The predicted molar refractivity (Wildman–Crippen MR) is 107 cm³/mol. The average Bonchev–Trinajstić information content (AvgIpc) is 3.19. The monoisotopic (exact) mass is 391 g/mol. The largest absolute Gasteiger partial charge is 0.477 e. The van der Waals surface area contributed by atoms with E-state index in [0.29, 0.717) is 23.9 Å². The van der Waals surface area contributed by atoms with Gasteiger partial charge in [0.1, 0.15) is 12.0 Å². The molecule has 0 spiro atoms. The number of aryl methyl sites for hydroxylation is 1. The van der Waals surface area contributed by atoms with Crippen LogP contribution < -0.4 is 15.0 Å². The van der Waals surface area contributed by atoms with Gasteiger partial charge in [-0.25, -0.2) is 4.98 Å². The van der Waals surface area contributed by atoms with E-state index >= 15 is 0 Å². The van der Waals surface area contributed by atoms with Crippen molar-refractivity contribution in [3.05, 3.63) is 78.0 Å². The van der Waals surface area contributed by atoms with Crippen LogP contribution in [-0.2, 0) is 11.2 Å². The summed E-state index contributed by atoms with van der Waals surface area (Å²) in [5.74, 6) is 0.296. The molecule has 7 nitrogen and oxygen atoms in total. The van der Waals surface area contributed by atoms with E-state index < -0.39 is 6.10 Å². The normalized spacial score (nSPS) is 15.3. The Bertz CT molecular complexity index is 1020. The number of oxazole rings is 1. The molecule has 0 saturated carbocycles. The summed E-state index contributed by atoms with van der Waals surface area (Å²) in [6.45, 7) is 2.26. The van der Waals surface area contributed by atoms with Crippen molar-refractivity contribution >= 4 is 17.5 Å². The van der Waals surface area contributed by atoms with Crippen molar-refractivity contribution in [2.45, 2.75) is 19.4 Å². The fourth-order valence-corrected chi connectivity index (χ4v) is 3.25. The van der Waals surface area contributed by atoms with Crippen LogP contribution in [0.1, 0.15) is 21.9 Å².